The molecule has 14 heteroatoms. The Morgan fingerprint density at radius 3 is 2.70 bits per heavy atom. The molecule has 1 aromatic heterocycles. The van der Waals surface area contributed by atoms with Gasteiger partial charge in [-0.05, 0) is 30.7 Å². The van der Waals surface area contributed by atoms with Crippen LogP contribution in [0.5, 0.6) is 5.75 Å². The fourth-order valence-electron chi connectivity index (χ4n) is 3.80. The summed E-state index contributed by atoms with van der Waals surface area (Å²) in [6, 6.07) is 5.87. The summed E-state index contributed by atoms with van der Waals surface area (Å²) in [6.07, 6.45) is 0.258. The van der Waals surface area contributed by atoms with Gasteiger partial charge in [-0.1, -0.05) is 11.2 Å². The van der Waals surface area contributed by atoms with Crippen molar-refractivity contribution in [3.05, 3.63) is 52.9 Å². The summed E-state index contributed by atoms with van der Waals surface area (Å²) >= 11 is 0. The van der Waals surface area contributed by atoms with E-state index >= 15 is 0 Å². The number of aromatic nitrogens is 2. The maximum atomic E-state index is 13.6. The van der Waals surface area contributed by atoms with Crippen LogP contribution in [0.4, 0.5) is 4.39 Å². The minimum atomic E-state index is -3.31. The highest BCUT2D eigenvalue weighted by molar-refractivity contribution is 7.88. The smallest absolute Gasteiger partial charge is 0.270 e. The van der Waals surface area contributed by atoms with Crippen LogP contribution in [0.1, 0.15) is 34.0 Å². The Morgan fingerprint density at radius 2 is 2.00 bits per heavy atom. The highest BCUT2D eigenvalue weighted by Gasteiger charge is 2.35. The molecule has 0 aliphatic carbocycles. The molecule has 1 fully saturated rings. The molecule has 2 N–H and O–H groups in total. The normalized spacial score (nSPS) is 21.7. The van der Waals surface area contributed by atoms with Crippen molar-refractivity contribution in [2.75, 3.05) is 33.1 Å². The van der Waals surface area contributed by atoms with E-state index in [1.165, 1.54) is 25.3 Å². The first-order valence-corrected chi connectivity index (χ1v) is 13.4. The van der Waals surface area contributed by atoms with Crippen molar-refractivity contribution in [3.63, 3.8) is 0 Å². The number of aryl methyl sites for hydroxylation is 1. The monoisotopic (exact) mass is 537 g/mol. The van der Waals surface area contributed by atoms with Crippen molar-refractivity contribution in [1.29, 1.82) is 0 Å². The highest BCUT2D eigenvalue weighted by Crippen LogP contribution is 2.23. The van der Waals surface area contributed by atoms with E-state index in [1.807, 2.05) is 0 Å². The van der Waals surface area contributed by atoms with Gasteiger partial charge in [0.15, 0.2) is 17.7 Å². The van der Waals surface area contributed by atoms with E-state index in [4.69, 9.17) is 19.0 Å². The Hall–Kier alpha value is -3.20. The minimum absolute atomic E-state index is 0.0918. The molecule has 0 spiro atoms. The number of benzene rings is 1. The Labute approximate surface area is 213 Å². The number of amides is 1. The number of rotatable bonds is 9. The first kappa shape index (κ1) is 26.9. The van der Waals surface area contributed by atoms with E-state index in [1.54, 1.807) is 13.0 Å². The quantitative estimate of drug-likeness (QED) is 0.471. The topological polar surface area (TPSA) is 150 Å². The van der Waals surface area contributed by atoms with Gasteiger partial charge in [0.25, 0.3) is 5.91 Å². The lowest BCUT2D eigenvalue weighted by molar-refractivity contribution is -0.168. The predicted molar refractivity (Wildman–Crippen MR) is 129 cm³/mol. The zero-order valence-corrected chi connectivity index (χ0v) is 21.4. The molecular formula is C23H28FN5O7S. The molecule has 2 aliphatic heterocycles. The Morgan fingerprint density at radius 1 is 1.19 bits per heavy atom. The zero-order chi connectivity index (χ0) is 26.6. The third kappa shape index (κ3) is 7.19. The van der Waals surface area contributed by atoms with Crippen molar-refractivity contribution in [2.24, 2.45) is 5.16 Å². The third-order valence-electron chi connectivity index (χ3n) is 5.71. The van der Waals surface area contributed by atoms with Gasteiger partial charge in [-0.15, -0.1) is 0 Å². The molecule has 3 atom stereocenters. The van der Waals surface area contributed by atoms with Crippen molar-refractivity contribution < 1.29 is 36.7 Å². The average molecular weight is 538 g/mol. The first-order chi connectivity index (χ1) is 17.6. The molecule has 4 rings (SSSR count). The van der Waals surface area contributed by atoms with Gasteiger partial charge in [-0.2, -0.15) is 0 Å². The van der Waals surface area contributed by atoms with Crippen LogP contribution < -0.4 is 14.8 Å². The lowest BCUT2D eigenvalue weighted by Gasteiger charge is -2.31. The van der Waals surface area contributed by atoms with Gasteiger partial charge in [0.05, 0.1) is 38.4 Å². The second-order valence-electron chi connectivity index (χ2n) is 8.67. The second-order valence-corrected chi connectivity index (χ2v) is 10.5. The summed E-state index contributed by atoms with van der Waals surface area (Å²) in [6.45, 7) is 2.37. The average Bonchev–Trinajstić information content (AvgIpc) is 3.37. The number of sulfonamides is 1. The van der Waals surface area contributed by atoms with Crippen LogP contribution in [0.3, 0.4) is 0 Å². The lowest BCUT2D eigenvalue weighted by atomic mass is 10.0. The minimum Gasteiger partial charge on any atom is -0.494 e. The van der Waals surface area contributed by atoms with Gasteiger partial charge in [0, 0.05) is 19.5 Å². The van der Waals surface area contributed by atoms with Crippen LogP contribution >= 0.6 is 0 Å². The van der Waals surface area contributed by atoms with Gasteiger partial charge >= 0.3 is 0 Å². The number of methoxy groups -OCH3 is 1. The fraction of sp³-hybridized carbons (Fsp3) is 0.478. The van der Waals surface area contributed by atoms with E-state index in [0.29, 0.717) is 29.2 Å². The van der Waals surface area contributed by atoms with Crippen LogP contribution in [-0.2, 0) is 30.9 Å². The Kier molecular flexibility index (Phi) is 8.32. The molecule has 0 radical (unpaired) electrons. The maximum absolute atomic E-state index is 13.6. The summed E-state index contributed by atoms with van der Waals surface area (Å²) in [5.41, 5.74) is 1.81. The maximum Gasteiger partial charge on any atom is 0.270 e. The first-order valence-electron chi connectivity index (χ1n) is 11.5. The zero-order valence-electron chi connectivity index (χ0n) is 20.6. The van der Waals surface area contributed by atoms with Crippen LogP contribution in [0.25, 0.3) is 0 Å². The molecule has 1 amide bonds. The Balaban J connectivity index is 1.33. The second kappa shape index (κ2) is 11.5. The lowest BCUT2D eigenvalue weighted by Crippen LogP contribution is -2.46. The molecule has 12 nitrogen and oxygen atoms in total. The molecule has 0 saturated carbocycles. The number of hydrogen-bond acceptors (Lipinski definition) is 10. The number of carbonyl (C=O) groups excluding carboxylic acids is 1. The summed E-state index contributed by atoms with van der Waals surface area (Å²) in [5, 5.41) is 6.89. The number of halogens is 1. The molecule has 200 valence electrons. The molecule has 1 saturated heterocycles. The number of oxime groups is 1. The number of nitrogens with one attached hydrogen (secondary N) is 2. The Bertz CT molecular complexity index is 1280. The van der Waals surface area contributed by atoms with E-state index in [0.717, 1.165) is 6.26 Å². The van der Waals surface area contributed by atoms with E-state index < -0.39 is 40.1 Å². The number of hydrogen-bond donors (Lipinski definition) is 2. The van der Waals surface area contributed by atoms with Crippen molar-refractivity contribution in [1.82, 2.24) is 20.0 Å². The third-order valence-corrected chi connectivity index (χ3v) is 6.40. The van der Waals surface area contributed by atoms with Crippen LogP contribution in [0, 0.1) is 12.7 Å². The van der Waals surface area contributed by atoms with E-state index in [-0.39, 0.29) is 37.7 Å². The highest BCUT2D eigenvalue weighted by atomic mass is 32.2. The van der Waals surface area contributed by atoms with Crippen LogP contribution in [-0.4, -0.2) is 81.4 Å². The predicted octanol–water partition coefficient (Wildman–Crippen LogP) is 0.689. The van der Waals surface area contributed by atoms with Crippen LogP contribution in [0.15, 0.2) is 29.4 Å². The van der Waals surface area contributed by atoms with E-state index in [9.17, 15) is 17.6 Å². The summed E-state index contributed by atoms with van der Waals surface area (Å²) in [5.74, 6) is -0.436. The number of carbonyl (C=O) groups is 1. The molecule has 2 aromatic rings. The van der Waals surface area contributed by atoms with Gasteiger partial charge < -0.3 is 24.4 Å². The SMILES string of the molecule is COc1cc(CNC(=O)c2cc(C3=NOC(C4COC(CNS(C)(=O)=O)CO4)C3)nc(C)n2)ccc1F. The molecule has 3 heterocycles. The molecule has 0 bridgehead atoms. The number of ether oxygens (including phenoxy) is 3. The molecule has 1 aromatic carbocycles. The fourth-order valence-corrected chi connectivity index (χ4v) is 4.29. The molecule has 2 aliphatic rings. The standard InChI is InChI=1S/C23H28FN5O7S/c1-13-27-17(7-19(28-13)23(30)25-9-14-4-5-16(24)20(6-14)33-2)18-8-21(36-29-18)22-12-34-15(11-35-22)10-26-37(3,31)32/h4-7,15,21-22,26H,8-12H2,1-3H3,(H,25,30). The van der Waals surface area contributed by atoms with Crippen LogP contribution in [0.2, 0.25) is 0 Å². The molecular weight excluding hydrogens is 509 g/mol. The van der Waals surface area contributed by atoms with Crippen molar-refractivity contribution in [3.8, 4) is 5.75 Å². The summed E-state index contributed by atoms with van der Waals surface area (Å²) in [4.78, 5) is 26.9. The largest absolute Gasteiger partial charge is 0.494 e. The molecule has 3 unspecified atom stereocenters. The van der Waals surface area contributed by atoms with Gasteiger partial charge in [0.1, 0.15) is 23.3 Å². The van der Waals surface area contributed by atoms with Crippen molar-refractivity contribution >= 4 is 21.6 Å². The van der Waals surface area contributed by atoms with Gasteiger partial charge in [0.2, 0.25) is 10.0 Å². The number of nitrogens with zero attached hydrogens (tertiary/aromatic N) is 3. The summed E-state index contributed by atoms with van der Waals surface area (Å²) in [7, 11) is -1.94. The summed E-state index contributed by atoms with van der Waals surface area (Å²) < 4.78 is 55.0. The van der Waals surface area contributed by atoms with Crippen molar-refractivity contribution in [2.45, 2.75) is 38.2 Å². The molecule has 37 heavy (non-hydrogen) atoms. The van der Waals surface area contributed by atoms with Gasteiger partial charge in [-0.3, -0.25) is 4.79 Å². The van der Waals surface area contributed by atoms with Gasteiger partial charge in [-0.25, -0.2) is 27.5 Å². The van der Waals surface area contributed by atoms with E-state index in [2.05, 4.69) is 25.2 Å².